The highest BCUT2D eigenvalue weighted by atomic mass is 14.6. The van der Waals surface area contributed by atoms with Crippen LogP contribution in [0.4, 0.5) is 0 Å². The van der Waals surface area contributed by atoms with Gasteiger partial charge in [0.15, 0.2) is 0 Å². The van der Waals surface area contributed by atoms with Crippen LogP contribution < -0.4 is 22.9 Å². The zero-order valence-corrected chi connectivity index (χ0v) is 8.84. The normalized spacial score (nSPS) is 11.8. The van der Waals surface area contributed by atoms with Crippen molar-refractivity contribution in [1.82, 2.24) is 0 Å². The van der Waals surface area contributed by atoms with E-state index in [9.17, 15) is 0 Å². The molecular weight excluding hydrogens is 164 g/mol. The minimum absolute atomic E-state index is 0.651. The molecule has 8 N–H and O–H groups in total. The molecule has 0 amide bonds. The molecule has 0 bridgehead atoms. The van der Waals surface area contributed by atoms with E-state index in [1.165, 1.54) is 6.42 Å². The van der Waals surface area contributed by atoms with E-state index < -0.39 is 0 Å². The Bertz CT molecular complexity index is 76.0. The van der Waals surface area contributed by atoms with Gasteiger partial charge in [-0.3, -0.25) is 0 Å². The first-order valence-corrected chi connectivity index (χ1v) is 5.03. The minimum atomic E-state index is 0.651. The largest absolute Gasteiger partial charge is 0.330 e. The zero-order chi connectivity index (χ0) is 10.5. The molecule has 0 saturated heterocycles. The average Bonchev–Trinajstić information content (AvgIpc) is 2.16. The van der Waals surface area contributed by atoms with E-state index in [0.717, 1.165) is 39.0 Å². The average molecular weight is 190 g/mol. The van der Waals surface area contributed by atoms with Crippen molar-refractivity contribution < 1.29 is 0 Å². The molecule has 0 rings (SSSR count). The van der Waals surface area contributed by atoms with Crippen LogP contribution in [-0.2, 0) is 0 Å². The lowest BCUT2D eigenvalue weighted by Crippen LogP contribution is -2.12. The second-order valence-corrected chi connectivity index (χ2v) is 3.20. The van der Waals surface area contributed by atoms with E-state index in [-0.39, 0.29) is 0 Å². The van der Waals surface area contributed by atoms with Gasteiger partial charge in [-0.1, -0.05) is 6.92 Å². The minimum Gasteiger partial charge on any atom is -0.330 e. The summed E-state index contributed by atoms with van der Waals surface area (Å²) in [7, 11) is 0. The predicted octanol–water partition coefficient (Wildman–Crippen LogP) is -0.386. The third kappa shape index (κ3) is 18.7. The van der Waals surface area contributed by atoms with Crippen LogP contribution in [0, 0.1) is 5.92 Å². The summed E-state index contributed by atoms with van der Waals surface area (Å²) >= 11 is 0. The molecule has 0 radical (unpaired) electrons. The maximum atomic E-state index is 5.37. The van der Waals surface area contributed by atoms with Crippen molar-refractivity contribution >= 4 is 0 Å². The molecule has 0 aliphatic rings. The monoisotopic (exact) mass is 190 g/mol. The molecule has 4 heteroatoms. The maximum absolute atomic E-state index is 5.37. The summed E-state index contributed by atoms with van der Waals surface area (Å²) in [5.41, 5.74) is 20.8. The molecule has 4 nitrogen and oxygen atoms in total. The topological polar surface area (TPSA) is 104 Å². The molecular formula is C9H26N4. The first kappa shape index (κ1) is 15.3. The van der Waals surface area contributed by atoms with E-state index in [4.69, 9.17) is 22.9 Å². The molecule has 0 aliphatic carbocycles. The lowest BCUT2D eigenvalue weighted by molar-refractivity contribution is 0.525. The van der Waals surface area contributed by atoms with E-state index in [0.29, 0.717) is 5.92 Å². The fourth-order valence-corrected chi connectivity index (χ4v) is 0.702. The Hall–Kier alpha value is -0.160. The summed E-state index contributed by atoms with van der Waals surface area (Å²) < 4.78 is 0. The summed E-state index contributed by atoms with van der Waals surface area (Å²) in [4.78, 5) is 0. The van der Waals surface area contributed by atoms with E-state index >= 15 is 0 Å². The van der Waals surface area contributed by atoms with Crippen LogP contribution in [0.5, 0.6) is 0 Å². The first-order chi connectivity index (χ1) is 6.22. The van der Waals surface area contributed by atoms with Crippen molar-refractivity contribution in [2.45, 2.75) is 26.2 Å². The van der Waals surface area contributed by atoms with Crippen LogP contribution in [-0.4, -0.2) is 26.2 Å². The van der Waals surface area contributed by atoms with E-state index in [2.05, 4.69) is 6.92 Å². The van der Waals surface area contributed by atoms with Gasteiger partial charge in [0.05, 0.1) is 0 Å². The molecule has 0 heterocycles. The lowest BCUT2D eigenvalue weighted by atomic mass is 10.1. The van der Waals surface area contributed by atoms with Crippen LogP contribution in [0.25, 0.3) is 0 Å². The van der Waals surface area contributed by atoms with Gasteiger partial charge in [0.25, 0.3) is 0 Å². The predicted molar refractivity (Wildman–Crippen MR) is 59.2 cm³/mol. The number of nitrogens with two attached hydrogens (primary N) is 4. The molecule has 0 aromatic heterocycles. The Morgan fingerprint density at radius 2 is 1.31 bits per heavy atom. The van der Waals surface area contributed by atoms with E-state index in [1.807, 2.05) is 0 Å². The molecule has 0 saturated carbocycles. The fraction of sp³-hybridized carbons (Fsp3) is 1.00. The van der Waals surface area contributed by atoms with Gasteiger partial charge >= 0.3 is 0 Å². The lowest BCUT2D eigenvalue weighted by Gasteiger charge is -2.04. The summed E-state index contributed by atoms with van der Waals surface area (Å²) in [5, 5.41) is 0. The molecule has 0 aromatic carbocycles. The van der Waals surface area contributed by atoms with Gasteiger partial charge in [-0.2, -0.15) is 0 Å². The highest BCUT2D eigenvalue weighted by molar-refractivity contribution is 4.52. The van der Waals surface area contributed by atoms with Crippen LogP contribution in [0.2, 0.25) is 0 Å². The van der Waals surface area contributed by atoms with Gasteiger partial charge in [-0.05, 0) is 51.4 Å². The van der Waals surface area contributed by atoms with E-state index in [1.54, 1.807) is 0 Å². The van der Waals surface area contributed by atoms with Gasteiger partial charge in [-0.15, -0.1) is 0 Å². The van der Waals surface area contributed by atoms with Crippen molar-refractivity contribution in [1.29, 1.82) is 0 Å². The maximum Gasteiger partial charge on any atom is -0.00515 e. The van der Waals surface area contributed by atoms with Crippen molar-refractivity contribution in [3.63, 3.8) is 0 Å². The summed E-state index contributed by atoms with van der Waals surface area (Å²) in [6.45, 7) is 5.17. The smallest absolute Gasteiger partial charge is 0.00515 e. The molecule has 0 spiro atoms. The second-order valence-electron chi connectivity index (χ2n) is 3.20. The molecule has 0 aromatic rings. The van der Waals surface area contributed by atoms with Gasteiger partial charge in [0, 0.05) is 0 Å². The van der Waals surface area contributed by atoms with Crippen LogP contribution in [0.15, 0.2) is 0 Å². The summed E-state index contributed by atoms with van der Waals surface area (Å²) in [6, 6.07) is 0. The Morgan fingerprint density at radius 1 is 0.846 bits per heavy atom. The summed E-state index contributed by atoms with van der Waals surface area (Å²) in [6.07, 6.45) is 3.23. The van der Waals surface area contributed by atoms with Gasteiger partial charge in [0.1, 0.15) is 0 Å². The third-order valence-corrected chi connectivity index (χ3v) is 1.71. The molecule has 82 valence electrons. The zero-order valence-electron chi connectivity index (χ0n) is 8.84. The van der Waals surface area contributed by atoms with Gasteiger partial charge < -0.3 is 22.9 Å². The van der Waals surface area contributed by atoms with Crippen LogP contribution in [0.3, 0.4) is 0 Å². The Labute approximate surface area is 82.0 Å². The highest BCUT2D eigenvalue weighted by Gasteiger charge is 1.95. The third-order valence-electron chi connectivity index (χ3n) is 1.71. The number of rotatable bonds is 6. The second kappa shape index (κ2) is 14.4. The Balaban J connectivity index is 0. The molecule has 0 aliphatic heterocycles. The number of hydrogen-bond acceptors (Lipinski definition) is 4. The Kier molecular flexibility index (Phi) is 16.9. The first-order valence-electron chi connectivity index (χ1n) is 5.03. The molecule has 1 atom stereocenters. The van der Waals surface area contributed by atoms with Gasteiger partial charge in [0.2, 0.25) is 0 Å². The summed E-state index contributed by atoms with van der Waals surface area (Å²) in [5.74, 6) is 0.651. The van der Waals surface area contributed by atoms with Crippen LogP contribution >= 0.6 is 0 Å². The van der Waals surface area contributed by atoms with Gasteiger partial charge in [-0.25, -0.2) is 0 Å². The van der Waals surface area contributed by atoms with Crippen molar-refractivity contribution in [2.24, 2.45) is 28.9 Å². The quantitative estimate of drug-likeness (QED) is 0.458. The molecule has 13 heavy (non-hydrogen) atoms. The molecule has 0 fully saturated rings. The SMILES string of the molecule is CC(CN)CCCN.NCCCN. The van der Waals surface area contributed by atoms with Crippen molar-refractivity contribution in [3.8, 4) is 0 Å². The standard InChI is InChI=1S/C6H16N2.C3H10N2/c1-6(5-8)3-2-4-7;4-2-1-3-5/h6H,2-5,7-8H2,1H3;1-5H2. The van der Waals surface area contributed by atoms with Crippen molar-refractivity contribution in [3.05, 3.63) is 0 Å². The Morgan fingerprint density at radius 3 is 1.54 bits per heavy atom. The van der Waals surface area contributed by atoms with Crippen LogP contribution in [0.1, 0.15) is 26.2 Å². The van der Waals surface area contributed by atoms with Crippen molar-refractivity contribution in [2.75, 3.05) is 26.2 Å². The molecule has 1 unspecified atom stereocenters. The number of hydrogen-bond donors (Lipinski definition) is 4. The highest BCUT2D eigenvalue weighted by Crippen LogP contribution is 2.00. The fourth-order valence-electron chi connectivity index (χ4n) is 0.702.